The van der Waals surface area contributed by atoms with Crippen LogP contribution in [0.4, 0.5) is 21.5 Å². The quantitative estimate of drug-likeness (QED) is 0.575. The summed E-state index contributed by atoms with van der Waals surface area (Å²) in [5.74, 6) is -1.66. The highest BCUT2D eigenvalue weighted by Gasteiger charge is 2.31. The van der Waals surface area contributed by atoms with Crippen LogP contribution in [0.25, 0.3) is 0 Å². The zero-order valence-corrected chi connectivity index (χ0v) is 15.8. The second-order valence-corrected chi connectivity index (χ2v) is 7.86. The number of amides is 1. The lowest BCUT2D eigenvalue weighted by molar-refractivity contribution is -0.384. The third-order valence-electron chi connectivity index (χ3n) is 3.60. The molecule has 0 radical (unpaired) electrons. The molecular weight excluding hydrogens is 401 g/mol. The van der Waals surface area contributed by atoms with Crippen LogP contribution in [-0.4, -0.2) is 31.5 Å². The molecule has 0 fully saturated rings. The van der Waals surface area contributed by atoms with Gasteiger partial charge in [0, 0.05) is 12.1 Å². The van der Waals surface area contributed by atoms with Gasteiger partial charge in [0.05, 0.1) is 27.6 Å². The maximum absolute atomic E-state index is 14.1. The van der Waals surface area contributed by atoms with Crippen LogP contribution in [0.2, 0.25) is 5.02 Å². The standard InChI is InChI=1S/C16H15ClFN3O5S/c1-10(20(27(2,25)26)15-6-4-3-5-13(15)18)16(22)19-14-9-11(21(23)24)7-8-12(14)17/h3-10H,1-2H3,(H,19,22)/t10-/m0/s1. The highest BCUT2D eigenvalue weighted by Crippen LogP contribution is 2.28. The molecule has 2 aromatic carbocycles. The fraction of sp³-hybridized carbons (Fsp3) is 0.188. The zero-order valence-electron chi connectivity index (χ0n) is 14.2. The minimum atomic E-state index is -4.02. The van der Waals surface area contributed by atoms with Crippen LogP contribution in [-0.2, 0) is 14.8 Å². The van der Waals surface area contributed by atoms with Crippen LogP contribution in [0.1, 0.15) is 6.92 Å². The molecule has 0 unspecified atom stereocenters. The topological polar surface area (TPSA) is 110 Å². The Labute approximate surface area is 159 Å². The molecule has 0 saturated carbocycles. The second kappa shape index (κ2) is 7.89. The molecule has 144 valence electrons. The first-order valence-electron chi connectivity index (χ1n) is 7.51. The van der Waals surface area contributed by atoms with Crippen molar-refractivity contribution in [3.05, 3.63) is 63.4 Å². The van der Waals surface area contributed by atoms with Gasteiger partial charge in [-0.2, -0.15) is 0 Å². The van der Waals surface area contributed by atoms with E-state index in [0.717, 1.165) is 24.5 Å². The van der Waals surface area contributed by atoms with Gasteiger partial charge in [0.2, 0.25) is 15.9 Å². The van der Waals surface area contributed by atoms with Crippen LogP contribution in [0.5, 0.6) is 0 Å². The lowest BCUT2D eigenvalue weighted by Crippen LogP contribution is -2.45. The molecule has 27 heavy (non-hydrogen) atoms. The minimum absolute atomic E-state index is 0.0259. The number of nitrogens with one attached hydrogen (secondary N) is 1. The number of carbonyl (C=O) groups excluding carboxylic acids is 1. The van der Waals surface area contributed by atoms with E-state index in [4.69, 9.17) is 11.6 Å². The Morgan fingerprint density at radius 2 is 1.93 bits per heavy atom. The molecule has 11 heteroatoms. The van der Waals surface area contributed by atoms with Gasteiger partial charge in [0.1, 0.15) is 11.9 Å². The van der Waals surface area contributed by atoms with Crippen molar-refractivity contribution < 1.29 is 22.5 Å². The average molecular weight is 416 g/mol. The molecule has 2 rings (SSSR count). The molecule has 0 aromatic heterocycles. The van der Waals surface area contributed by atoms with Crippen molar-refractivity contribution in [3.8, 4) is 0 Å². The maximum Gasteiger partial charge on any atom is 0.271 e. The Bertz CT molecular complexity index is 999. The molecule has 2 aromatic rings. The number of nitro benzene ring substituents is 1. The summed E-state index contributed by atoms with van der Waals surface area (Å²) in [4.78, 5) is 22.7. The summed E-state index contributed by atoms with van der Waals surface area (Å²) in [6.45, 7) is 1.26. The number of halogens is 2. The third kappa shape index (κ3) is 4.72. The van der Waals surface area contributed by atoms with Crippen LogP contribution in [0.15, 0.2) is 42.5 Å². The number of nitro groups is 1. The van der Waals surface area contributed by atoms with Crippen molar-refractivity contribution >= 4 is 44.6 Å². The van der Waals surface area contributed by atoms with Crippen molar-refractivity contribution in [1.82, 2.24) is 0 Å². The zero-order chi connectivity index (χ0) is 20.4. The van der Waals surface area contributed by atoms with Gasteiger partial charge in [-0.3, -0.25) is 19.2 Å². The second-order valence-electron chi connectivity index (χ2n) is 5.60. The fourth-order valence-corrected chi connectivity index (χ4v) is 3.71. The molecule has 0 aliphatic carbocycles. The predicted octanol–water partition coefficient (Wildman–Crippen LogP) is 3.18. The largest absolute Gasteiger partial charge is 0.323 e. The smallest absolute Gasteiger partial charge is 0.271 e. The molecule has 0 aliphatic heterocycles. The first kappa shape index (κ1) is 20.6. The molecule has 0 saturated heterocycles. The van der Waals surface area contributed by atoms with Crippen LogP contribution >= 0.6 is 11.6 Å². The van der Waals surface area contributed by atoms with Gasteiger partial charge in [-0.25, -0.2) is 12.8 Å². The Morgan fingerprint density at radius 1 is 1.30 bits per heavy atom. The van der Waals surface area contributed by atoms with Crippen LogP contribution in [0, 0.1) is 15.9 Å². The number of sulfonamides is 1. The predicted molar refractivity (Wildman–Crippen MR) is 99.9 cm³/mol. The Kier molecular flexibility index (Phi) is 6.01. The minimum Gasteiger partial charge on any atom is -0.323 e. The van der Waals surface area contributed by atoms with E-state index in [1.807, 2.05) is 0 Å². The third-order valence-corrected chi connectivity index (χ3v) is 5.15. The summed E-state index contributed by atoms with van der Waals surface area (Å²) in [5, 5.41) is 13.2. The number of carbonyl (C=O) groups is 1. The first-order valence-corrected chi connectivity index (χ1v) is 9.73. The van der Waals surface area contributed by atoms with Gasteiger partial charge in [0.15, 0.2) is 0 Å². The molecular formula is C16H15ClFN3O5S. The number of hydrogen-bond acceptors (Lipinski definition) is 5. The van der Waals surface area contributed by atoms with E-state index in [2.05, 4.69) is 5.32 Å². The number of nitrogens with zero attached hydrogens (tertiary/aromatic N) is 2. The Hall–Kier alpha value is -2.72. The molecule has 0 spiro atoms. The van der Waals surface area contributed by atoms with E-state index >= 15 is 0 Å². The van der Waals surface area contributed by atoms with Crippen molar-refractivity contribution in [2.24, 2.45) is 0 Å². The number of rotatable bonds is 6. The van der Waals surface area contributed by atoms with Gasteiger partial charge < -0.3 is 5.32 Å². The van der Waals surface area contributed by atoms with E-state index in [9.17, 15) is 27.7 Å². The highest BCUT2D eigenvalue weighted by atomic mass is 35.5. The molecule has 0 bridgehead atoms. The Morgan fingerprint density at radius 3 is 2.48 bits per heavy atom. The van der Waals surface area contributed by atoms with Gasteiger partial charge in [-0.1, -0.05) is 23.7 Å². The molecule has 1 atom stereocenters. The molecule has 1 N–H and O–H groups in total. The highest BCUT2D eigenvalue weighted by molar-refractivity contribution is 7.92. The number of hydrogen-bond donors (Lipinski definition) is 1. The summed E-state index contributed by atoms with van der Waals surface area (Å²) >= 11 is 5.93. The monoisotopic (exact) mass is 415 g/mol. The van der Waals surface area contributed by atoms with Gasteiger partial charge in [0.25, 0.3) is 5.69 Å². The maximum atomic E-state index is 14.1. The number of benzene rings is 2. The van der Waals surface area contributed by atoms with E-state index in [0.29, 0.717) is 4.31 Å². The molecule has 8 nitrogen and oxygen atoms in total. The molecule has 0 aliphatic rings. The number of non-ortho nitro benzene ring substituents is 1. The summed E-state index contributed by atoms with van der Waals surface area (Å²) in [6, 6.07) is 7.17. The summed E-state index contributed by atoms with van der Waals surface area (Å²) < 4.78 is 39.0. The average Bonchev–Trinajstić information content (AvgIpc) is 2.57. The van der Waals surface area contributed by atoms with E-state index in [-0.39, 0.29) is 22.1 Å². The molecule has 0 heterocycles. The SMILES string of the molecule is C[C@@H](C(=O)Nc1cc([N+](=O)[O-])ccc1Cl)N(c1ccccc1F)S(C)(=O)=O. The summed E-state index contributed by atoms with van der Waals surface area (Å²) in [7, 11) is -4.02. The van der Waals surface area contributed by atoms with Crippen molar-refractivity contribution in [3.63, 3.8) is 0 Å². The van der Waals surface area contributed by atoms with E-state index in [1.54, 1.807) is 0 Å². The number of para-hydroxylation sites is 1. The number of anilines is 2. The van der Waals surface area contributed by atoms with E-state index in [1.165, 1.54) is 31.2 Å². The Balaban J connectivity index is 2.38. The van der Waals surface area contributed by atoms with Crippen LogP contribution in [0.3, 0.4) is 0 Å². The van der Waals surface area contributed by atoms with E-state index < -0.39 is 32.7 Å². The van der Waals surface area contributed by atoms with Crippen molar-refractivity contribution in [2.45, 2.75) is 13.0 Å². The van der Waals surface area contributed by atoms with Gasteiger partial charge in [-0.15, -0.1) is 0 Å². The van der Waals surface area contributed by atoms with Gasteiger partial charge >= 0.3 is 0 Å². The molecule has 1 amide bonds. The first-order chi connectivity index (χ1) is 12.5. The van der Waals surface area contributed by atoms with Crippen molar-refractivity contribution in [2.75, 3.05) is 15.9 Å². The fourth-order valence-electron chi connectivity index (χ4n) is 2.37. The van der Waals surface area contributed by atoms with Crippen LogP contribution < -0.4 is 9.62 Å². The summed E-state index contributed by atoms with van der Waals surface area (Å²) in [6.07, 6.45) is 0.837. The lowest BCUT2D eigenvalue weighted by Gasteiger charge is -2.28. The summed E-state index contributed by atoms with van der Waals surface area (Å²) in [5.41, 5.74) is -0.672. The van der Waals surface area contributed by atoms with Crippen molar-refractivity contribution in [1.29, 1.82) is 0 Å². The lowest BCUT2D eigenvalue weighted by atomic mass is 10.2. The van der Waals surface area contributed by atoms with Gasteiger partial charge in [-0.05, 0) is 25.1 Å². The normalized spacial score (nSPS) is 12.3.